The molecule has 0 bridgehead atoms. The molecule has 4 rings (SSSR count). The van der Waals surface area contributed by atoms with Crippen LogP contribution in [0.3, 0.4) is 0 Å². The molecule has 1 saturated carbocycles. The number of hydrogen-bond acceptors (Lipinski definition) is 6. The Morgan fingerprint density at radius 3 is 2.67 bits per heavy atom. The van der Waals surface area contributed by atoms with Gasteiger partial charge in [-0.2, -0.15) is 0 Å². The highest BCUT2D eigenvalue weighted by atomic mass is 32.2. The van der Waals surface area contributed by atoms with Crippen molar-refractivity contribution < 1.29 is 13.5 Å². The van der Waals surface area contributed by atoms with Crippen LogP contribution < -0.4 is 0 Å². The summed E-state index contributed by atoms with van der Waals surface area (Å²) in [6, 6.07) is 7.41. The molecule has 1 aromatic heterocycles. The third kappa shape index (κ3) is 4.96. The van der Waals surface area contributed by atoms with Crippen molar-refractivity contribution in [2.45, 2.75) is 69.0 Å². The number of likely N-dealkylation sites (tertiary alicyclic amines) is 1. The standard InChI is InChI=1S/C23H32N2O3S2/c1-16-6-11-22(26)20(13-16)21-5-3-4-12-25(21)14-18-15-29-23(24-18)17-7-9-19(10-8-17)30(2,27)28/h7-10,15-16,20-22,26H,3-6,11-14H2,1-2H3/t16-,20+,21-,22+/m1/s1. The van der Waals surface area contributed by atoms with Gasteiger partial charge in [-0.15, -0.1) is 11.3 Å². The first-order chi connectivity index (χ1) is 14.3. The number of benzene rings is 1. The van der Waals surface area contributed by atoms with Crippen LogP contribution in [0.5, 0.6) is 0 Å². The summed E-state index contributed by atoms with van der Waals surface area (Å²) in [7, 11) is -3.19. The number of hydrogen-bond donors (Lipinski definition) is 1. The molecule has 0 radical (unpaired) electrons. The summed E-state index contributed by atoms with van der Waals surface area (Å²) in [5.74, 6) is 1.07. The van der Waals surface area contributed by atoms with Crippen molar-refractivity contribution in [3.8, 4) is 10.6 Å². The maximum atomic E-state index is 11.7. The van der Waals surface area contributed by atoms with Crippen molar-refractivity contribution in [1.82, 2.24) is 9.88 Å². The first-order valence-electron chi connectivity index (χ1n) is 11.0. The summed E-state index contributed by atoms with van der Waals surface area (Å²) in [5.41, 5.74) is 2.01. The molecule has 1 aliphatic carbocycles. The Morgan fingerprint density at radius 2 is 1.93 bits per heavy atom. The molecule has 1 saturated heterocycles. The summed E-state index contributed by atoms with van der Waals surface area (Å²) >= 11 is 1.61. The van der Waals surface area contributed by atoms with Gasteiger partial charge in [0.1, 0.15) is 5.01 Å². The van der Waals surface area contributed by atoms with E-state index in [9.17, 15) is 13.5 Å². The minimum atomic E-state index is -3.19. The average Bonchev–Trinajstić information content (AvgIpc) is 3.18. The van der Waals surface area contributed by atoms with Gasteiger partial charge >= 0.3 is 0 Å². The Balaban J connectivity index is 1.48. The second kappa shape index (κ2) is 9.07. The summed E-state index contributed by atoms with van der Waals surface area (Å²) in [6.07, 6.45) is 7.86. The van der Waals surface area contributed by atoms with Gasteiger partial charge in [-0.25, -0.2) is 13.4 Å². The highest BCUT2D eigenvalue weighted by molar-refractivity contribution is 7.90. The van der Waals surface area contributed by atoms with Gasteiger partial charge in [-0.1, -0.05) is 25.5 Å². The minimum Gasteiger partial charge on any atom is -0.393 e. The Hall–Kier alpha value is -1.28. The van der Waals surface area contributed by atoms with E-state index in [-0.39, 0.29) is 6.10 Å². The van der Waals surface area contributed by atoms with E-state index in [0.717, 1.165) is 48.6 Å². The number of aromatic nitrogens is 1. The van der Waals surface area contributed by atoms with Crippen LogP contribution in [-0.4, -0.2) is 48.4 Å². The van der Waals surface area contributed by atoms with Crippen molar-refractivity contribution >= 4 is 21.2 Å². The maximum absolute atomic E-state index is 11.7. The predicted molar refractivity (Wildman–Crippen MR) is 121 cm³/mol. The quantitative estimate of drug-likeness (QED) is 0.736. The molecule has 1 aliphatic heterocycles. The Labute approximate surface area is 184 Å². The van der Waals surface area contributed by atoms with Crippen molar-refractivity contribution in [3.05, 3.63) is 35.3 Å². The van der Waals surface area contributed by atoms with E-state index >= 15 is 0 Å². The highest BCUT2D eigenvalue weighted by Gasteiger charge is 2.37. The van der Waals surface area contributed by atoms with Crippen LogP contribution >= 0.6 is 11.3 Å². The van der Waals surface area contributed by atoms with Gasteiger partial charge in [-0.05, 0) is 56.7 Å². The Kier molecular flexibility index (Phi) is 6.63. The van der Waals surface area contributed by atoms with E-state index in [1.54, 1.807) is 23.5 Å². The number of sulfone groups is 1. The Morgan fingerprint density at radius 1 is 1.17 bits per heavy atom. The molecule has 2 aliphatic rings. The molecular formula is C23H32N2O3S2. The zero-order valence-electron chi connectivity index (χ0n) is 17.8. The molecule has 0 unspecified atom stereocenters. The molecule has 164 valence electrons. The first kappa shape index (κ1) is 21.9. The topological polar surface area (TPSA) is 70.5 Å². The van der Waals surface area contributed by atoms with Gasteiger partial charge in [0.15, 0.2) is 9.84 Å². The third-order valence-corrected chi connectivity index (χ3v) is 8.80. The fourth-order valence-corrected chi connectivity index (χ4v) is 6.53. The third-order valence-electron chi connectivity index (χ3n) is 6.73. The molecule has 2 heterocycles. The maximum Gasteiger partial charge on any atom is 0.175 e. The van der Waals surface area contributed by atoms with E-state index in [1.807, 2.05) is 12.1 Å². The summed E-state index contributed by atoms with van der Waals surface area (Å²) in [6.45, 7) is 4.20. The van der Waals surface area contributed by atoms with E-state index in [1.165, 1.54) is 25.5 Å². The number of thiazole rings is 1. The number of piperidine rings is 1. The second-order valence-electron chi connectivity index (χ2n) is 9.12. The molecule has 1 aromatic carbocycles. The zero-order chi connectivity index (χ0) is 21.3. The molecule has 2 fully saturated rings. The zero-order valence-corrected chi connectivity index (χ0v) is 19.5. The molecule has 2 aromatic rings. The second-order valence-corrected chi connectivity index (χ2v) is 12.0. The van der Waals surface area contributed by atoms with E-state index < -0.39 is 9.84 Å². The molecule has 30 heavy (non-hydrogen) atoms. The molecular weight excluding hydrogens is 416 g/mol. The van der Waals surface area contributed by atoms with Gasteiger partial charge < -0.3 is 5.11 Å². The van der Waals surface area contributed by atoms with E-state index in [0.29, 0.717) is 22.8 Å². The van der Waals surface area contributed by atoms with Gasteiger partial charge in [0.05, 0.1) is 16.7 Å². The number of rotatable bonds is 5. The van der Waals surface area contributed by atoms with Crippen LogP contribution in [0.25, 0.3) is 10.6 Å². The van der Waals surface area contributed by atoms with E-state index in [4.69, 9.17) is 4.98 Å². The van der Waals surface area contributed by atoms with Crippen LogP contribution in [0.2, 0.25) is 0 Å². The van der Waals surface area contributed by atoms with Crippen molar-refractivity contribution in [3.63, 3.8) is 0 Å². The van der Waals surface area contributed by atoms with Crippen LogP contribution in [0.4, 0.5) is 0 Å². The largest absolute Gasteiger partial charge is 0.393 e. The van der Waals surface area contributed by atoms with Crippen LogP contribution in [0.15, 0.2) is 34.5 Å². The van der Waals surface area contributed by atoms with Crippen LogP contribution in [-0.2, 0) is 16.4 Å². The summed E-state index contributed by atoms with van der Waals surface area (Å²) in [4.78, 5) is 7.72. The fraction of sp³-hybridized carbons (Fsp3) is 0.609. The SMILES string of the molecule is C[C@@H]1CC[C@H](O)[C@H]([C@H]2CCCCN2Cc2csc(-c3ccc(S(C)(=O)=O)cc3)n2)C1. The molecule has 1 N–H and O–H groups in total. The molecule has 0 spiro atoms. The average molecular weight is 449 g/mol. The molecule has 4 atom stereocenters. The number of aliphatic hydroxyl groups excluding tert-OH is 1. The lowest BCUT2D eigenvalue weighted by Crippen LogP contribution is -2.49. The molecule has 5 nitrogen and oxygen atoms in total. The van der Waals surface area contributed by atoms with Crippen LogP contribution in [0.1, 0.15) is 51.1 Å². The monoisotopic (exact) mass is 448 g/mol. The van der Waals surface area contributed by atoms with E-state index in [2.05, 4.69) is 17.2 Å². The van der Waals surface area contributed by atoms with Gasteiger partial charge in [0, 0.05) is 35.7 Å². The molecule has 0 amide bonds. The smallest absolute Gasteiger partial charge is 0.175 e. The lowest BCUT2D eigenvalue weighted by atomic mass is 9.74. The summed E-state index contributed by atoms with van der Waals surface area (Å²) < 4.78 is 23.3. The van der Waals surface area contributed by atoms with Crippen molar-refractivity contribution in [2.75, 3.05) is 12.8 Å². The number of nitrogens with zero attached hydrogens (tertiary/aromatic N) is 2. The van der Waals surface area contributed by atoms with Gasteiger partial charge in [-0.3, -0.25) is 4.90 Å². The molecule has 7 heteroatoms. The lowest BCUT2D eigenvalue weighted by Gasteiger charge is -2.44. The highest BCUT2D eigenvalue weighted by Crippen LogP contribution is 2.37. The lowest BCUT2D eigenvalue weighted by molar-refractivity contribution is -0.0207. The van der Waals surface area contributed by atoms with Crippen LogP contribution in [0, 0.1) is 11.8 Å². The van der Waals surface area contributed by atoms with Gasteiger partial charge in [0.2, 0.25) is 0 Å². The normalized spacial score (nSPS) is 28.5. The number of aliphatic hydroxyl groups is 1. The summed E-state index contributed by atoms with van der Waals surface area (Å²) in [5, 5.41) is 13.7. The predicted octanol–water partition coefficient (Wildman–Crippen LogP) is 4.37. The van der Waals surface area contributed by atoms with Gasteiger partial charge in [0.25, 0.3) is 0 Å². The van der Waals surface area contributed by atoms with Crippen molar-refractivity contribution in [1.29, 1.82) is 0 Å². The first-order valence-corrected chi connectivity index (χ1v) is 13.8. The fourth-order valence-electron chi connectivity index (χ4n) is 5.09. The van der Waals surface area contributed by atoms with Crippen molar-refractivity contribution in [2.24, 2.45) is 11.8 Å². The minimum absolute atomic E-state index is 0.175. The Bertz CT molecular complexity index is 955.